The van der Waals surface area contributed by atoms with Crippen molar-refractivity contribution in [2.45, 2.75) is 38.9 Å². The number of anilines is 1. The molecule has 0 aromatic carbocycles. The molecule has 0 atom stereocenters. The normalized spacial score (nSPS) is 21.1. The van der Waals surface area contributed by atoms with Gasteiger partial charge in [-0.25, -0.2) is 0 Å². The van der Waals surface area contributed by atoms with E-state index >= 15 is 0 Å². The van der Waals surface area contributed by atoms with Crippen molar-refractivity contribution in [1.82, 2.24) is 4.98 Å². The lowest BCUT2D eigenvalue weighted by Crippen LogP contribution is -2.41. The van der Waals surface area contributed by atoms with Gasteiger partial charge in [-0.3, -0.25) is 4.98 Å². The van der Waals surface area contributed by atoms with Gasteiger partial charge >= 0.3 is 7.12 Å². The summed E-state index contributed by atoms with van der Waals surface area (Å²) < 4.78 is 12.0. The number of nitrogens with one attached hydrogen (secondary N) is 1. The lowest BCUT2D eigenvalue weighted by Gasteiger charge is -2.32. The molecular formula is C12H18BClN2O2. The Morgan fingerprint density at radius 1 is 1.17 bits per heavy atom. The molecule has 98 valence electrons. The van der Waals surface area contributed by atoms with Crippen molar-refractivity contribution in [2.75, 3.05) is 12.4 Å². The summed E-state index contributed by atoms with van der Waals surface area (Å²) in [6.07, 6.45) is 3.32. The second-order valence-corrected chi connectivity index (χ2v) is 5.83. The highest BCUT2D eigenvalue weighted by Crippen LogP contribution is 2.37. The van der Waals surface area contributed by atoms with Crippen molar-refractivity contribution in [2.24, 2.45) is 0 Å². The van der Waals surface area contributed by atoms with Gasteiger partial charge in [0, 0.05) is 24.9 Å². The first kappa shape index (κ1) is 13.7. The van der Waals surface area contributed by atoms with Crippen LogP contribution in [0.5, 0.6) is 0 Å². The molecule has 0 radical (unpaired) electrons. The lowest BCUT2D eigenvalue weighted by atomic mass is 9.79. The van der Waals surface area contributed by atoms with Crippen molar-refractivity contribution in [3.05, 3.63) is 17.4 Å². The zero-order valence-corrected chi connectivity index (χ0v) is 12.1. The van der Waals surface area contributed by atoms with Crippen molar-refractivity contribution in [3.63, 3.8) is 0 Å². The topological polar surface area (TPSA) is 43.4 Å². The summed E-state index contributed by atoms with van der Waals surface area (Å²) in [5.74, 6) is 0. The summed E-state index contributed by atoms with van der Waals surface area (Å²) in [5, 5.41) is 3.62. The minimum Gasteiger partial charge on any atom is -0.399 e. The Bertz CT molecular complexity index is 449. The van der Waals surface area contributed by atoms with Gasteiger partial charge in [-0.1, -0.05) is 11.6 Å². The maximum atomic E-state index is 6.11. The summed E-state index contributed by atoms with van der Waals surface area (Å²) in [4.78, 5) is 4.10. The Morgan fingerprint density at radius 3 is 2.22 bits per heavy atom. The van der Waals surface area contributed by atoms with E-state index in [4.69, 9.17) is 20.9 Å². The molecule has 1 aromatic heterocycles. The number of aromatic nitrogens is 1. The number of hydrogen-bond acceptors (Lipinski definition) is 4. The molecule has 2 heterocycles. The smallest absolute Gasteiger partial charge is 0.399 e. The molecule has 1 fully saturated rings. The van der Waals surface area contributed by atoms with Crippen molar-refractivity contribution in [1.29, 1.82) is 0 Å². The van der Waals surface area contributed by atoms with Gasteiger partial charge in [0.25, 0.3) is 0 Å². The predicted octanol–water partition coefficient (Wildman–Crippen LogP) is 2.08. The van der Waals surface area contributed by atoms with E-state index in [-0.39, 0.29) is 11.2 Å². The fraction of sp³-hybridized carbons (Fsp3) is 0.583. The number of hydrogen-bond donors (Lipinski definition) is 1. The highest BCUT2D eigenvalue weighted by Gasteiger charge is 2.52. The second-order valence-electron chi connectivity index (χ2n) is 5.42. The first-order chi connectivity index (χ1) is 8.28. The predicted molar refractivity (Wildman–Crippen MR) is 74.5 cm³/mol. The maximum Gasteiger partial charge on any atom is 0.498 e. The fourth-order valence-electron chi connectivity index (χ4n) is 1.86. The van der Waals surface area contributed by atoms with Gasteiger partial charge in [-0.2, -0.15) is 0 Å². The molecule has 0 aliphatic carbocycles. The molecule has 1 saturated heterocycles. The van der Waals surface area contributed by atoms with Gasteiger partial charge in [0.15, 0.2) is 0 Å². The van der Waals surface area contributed by atoms with Crippen LogP contribution in [-0.2, 0) is 9.31 Å². The summed E-state index contributed by atoms with van der Waals surface area (Å²) >= 11 is 6.11. The summed E-state index contributed by atoms with van der Waals surface area (Å²) in [6, 6.07) is 0. The van der Waals surface area contributed by atoms with Gasteiger partial charge in [0.1, 0.15) is 0 Å². The van der Waals surface area contributed by atoms with Crippen LogP contribution < -0.4 is 10.8 Å². The second kappa shape index (κ2) is 4.40. The Balaban J connectivity index is 2.38. The fourth-order valence-corrected chi connectivity index (χ4v) is 2.12. The number of rotatable bonds is 2. The molecule has 0 bridgehead atoms. The molecule has 1 aliphatic heterocycles. The zero-order chi connectivity index (χ0) is 13.6. The zero-order valence-electron chi connectivity index (χ0n) is 11.4. The highest BCUT2D eigenvalue weighted by molar-refractivity contribution is 6.64. The molecule has 0 amide bonds. The number of nitrogens with zero attached hydrogens (tertiary/aromatic N) is 1. The third kappa shape index (κ3) is 2.11. The SMILES string of the molecule is CNc1c(Cl)cncc1B1OC(C)(C)C(C)(C)O1. The summed E-state index contributed by atoms with van der Waals surface area (Å²) in [6.45, 7) is 8.07. The van der Waals surface area contributed by atoms with Crippen LogP contribution in [0.15, 0.2) is 12.4 Å². The van der Waals surface area contributed by atoms with Crippen LogP contribution in [0.1, 0.15) is 27.7 Å². The quantitative estimate of drug-likeness (QED) is 0.834. The van der Waals surface area contributed by atoms with Crippen LogP contribution in [0.4, 0.5) is 5.69 Å². The molecule has 1 aromatic rings. The van der Waals surface area contributed by atoms with Gasteiger partial charge in [0.2, 0.25) is 0 Å². The molecule has 4 nitrogen and oxygen atoms in total. The van der Waals surface area contributed by atoms with Crippen LogP contribution in [0, 0.1) is 0 Å². The van der Waals surface area contributed by atoms with Crippen LogP contribution in [-0.4, -0.2) is 30.4 Å². The molecule has 2 rings (SSSR count). The lowest BCUT2D eigenvalue weighted by molar-refractivity contribution is 0.00578. The van der Waals surface area contributed by atoms with E-state index in [1.165, 1.54) is 0 Å². The van der Waals surface area contributed by atoms with E-state index in [2.05, 4.69) is 10.3 Å². The van der Waals surface area contributed by atoms with E-state index in [1.807, 2.05) is 34.7 Å². The van der Waals surface area contributed by atoms with E-state index < -0.39 is 7.12 Å². The standard InChI is InChI=1S/C12H18BClN2O2/c1-11(2)12(3,4)18-13(17-11)8-6-16-7-9(14)10(8)15-5/h6-7H,1-5H3,(H,15,16). The average molecular weight is 269 g/mol. The van der Waals surface area contributed by atoms with Crippen LogP contribution in [0.2, 0.25) is 5.02 Å². The van der Waals surface area contributed by atoms with E-state index in [9.17, 15) is 0 Å². The first-order valence-corrected chi connectivity index (χ1v) is 6.33. The highest BCUT2D eigenvalue weighted by atomic mass is 35.5. The minimum atomic E-state index is -0.455. The molecule has 18 heavy (non-hydrogen) atoms. The molecule has 1 N–H and O–H groups in total. The third-order valence-corrected chi connectivity index (χ3v) is 3.97. The van der Waals surface area contributed by atoms with Gasteiger partial charge in [-0.05, 0) is 27.7 Å². The monoisotopic (exact) mass is 268 g/mol. The van der Waals surface area contributed by atoms with Crippen molar-refractivity contribution in [3.8, 4) is 0 Å². The first-order valence-electron chi connectivity index (χ1n) is 5.95. The van der Waals surface area contributed by atoms with Gasteiger partial charge in [-0.15, -0.1) is 0 Å². The Kier molecular flexibility index (Phi) is 3.34. The van der Waals surface area contributed by atoms with Gasteiger partial charge in [0.05, 0.1) is 21.9 Å². The molecule has 0 saturated carbocycles. The number of pyridine rings is 1. The molecule has 0 spiro atoms. The number of halogens is 1. The van der Waals surface area contributed by atoms with E-state index in [0.717, 1.165) is 11.2 Å². The summed E-state index contributed by atoms with van der Waals surface area (Å²) in [7, 11) is 1.36. The molecule has 1 aliphatic rings. The van der Waals surface area contributed by atoms with Crippen molar-refractivity contribution >= 4 is 29.9 Å². The maximum absolute atomic E-state index is 6.11. The van der Waals surface area contributed by atoms with E-state index in [1.54, 1.807) is 12.4 Å². The van der Waals surface area contributed by atoms with Crippen LogP contribution in [0.3, 0.4) is 0 Å². The van der Waals surface area contributed by atoms with Crippen LogP contribution in [0.25, 0.3) is 0 Å². The average Bonchev–Trinajstić information content (AvgIpc) is 2.47. The Labute approximate surface area is 113 Å². The molecular weight excluding hydrogens is 250 g/mol. The molecule has 6 heteroatoms. The van der Waals surface area contributed by atoms with Crippen LogP contribution >= 0.6 is 11.6 Å². The molecule has 0 unspecified atom stereocenters. The largest absolute Gasteiger partial charge is 0.498 e. The minimum absolute atomic E-state index is 0.370. The summed E-state index contributed by atoms with van der Waals surface area (Å²) in [5.41, 5.74) is 0.879. The Hall–Kier alpha value is -0.775. The van der Waals surface area contributed by atoms with Crippen molar-refractivity contribution < 1.29 is 9.31 Å². The van der Waals surface area contributed by atoms with Gasteiger partial charge < -0.3 is 14.6 Å². The third-order valence-electron chi connectivity index (χ3n) is 3.69. The Morgan fingerprint density at radius 2 is 1.72 bits per heavy atom. The van der Waals surface area contributed by atoms with E-state index in [0.29, 0.717) is 5.02 Å².